The lowest BCUT2D eigenvalue weighted by molar-refractivity contribution is -0.168. The third-order valence-electron chi connectivity index (χ3n) is 11.5. The quantitative estimate of drug-likeness (QED) is 0.0447. The van der Waals surface area contributed by atoms with Crippen molar-refractivity contribution in [3.05, 3.63) is 0 Å². The zero-order chi connectivity index (χ0) is 42.1. The molecule has 0 saturated heterocycles. The van der Waals surface area contributed by atoms with Crippen LogP contribution in [0.5, 0.6) is 0 Å². The summed E-state index contributed by atoms with van der Waals surface area (Å²) in [5.74, 6) is -0.461. The number of hydrogen-bond donors (Lipinski definition) is 0. The predicted octanol–water partition coefficient (Wildman–Crippen LogP) is 15.0. The Morgan fingerprint density at radius 1 is 0.421 bits per heavy atom. The second-order valence-corrected chi connectivity index (χ2v) is 18.4. The van der Waals surface area contributed by atoms with Gasteiger partial charge in [0.15, 0.2) is 6.10 Å². The van der Waals surface area contributed by atoms with Crippen LogP contribution < -0.4 is 0 Å². The van der Waals surface area contributed by atoms with Crippen molar-refractivity contribution in [2.24, 2.45) is 0 Å². The van der Waals surface area contributed by atoms with Crippen LogP contribution in [-0.2, 0) is 33.3 Å². The maximum Gasteiger partial charge on any atom is 0.306 e. The van der Waals surface area contributed by atoms with Gasteiger partial charge in [0.2, 0.25) is 0 Å². The van der Waals surface area contributed by atoms with Crippen LogP contribution in [0.1, 0.15) is 260 Å². The minimum Gasteiger partial charge on any atom is -0.462 e. The van der Waals surface area contributed by atoms with E-state index < -0.39 is 11.7 Å². The van der Waals surface area contributed by atoms with Gasteiger partial charge in [0.1, 0.15) is 6.61 Å². The minimum absolute atomic E-state index is 0.0266. The molecule has 0 amide bonds. The summed E-state index contributed by atoms with van der Waals surface area (Å²) < 4.78 is 29.1. The van der Waals surface area contributed by atoms with Crippen LogP contribution in [0.4, 0.5) is 0 Å². The summed E-state index contributed by atoms with van der Waals surface area (Å²) in [4.78, 5) is 25.6. The second kappa shape index (κ2) is 40.2. The van der Waals surface area contributed by atoms with Crippen LogP contribution in [0, 0.1) is 0 Å². The molecule has 0 saturated carbocycles. The minimum atomic E-state index is -0.628. The van der Waals surface area contributed by atoms with Gasteiger partial charge in [-0.1, -0.05) is 194 Å². The normalized spacial score (nSPS) is 12.6. The van der Waals surface area contributed by atoms with Crippen LogP contribution in [0.3, 0.4) is 0 Å². The van der Waals surface area contributed by atoms with Crippen molar-refractivity contribution in [1.82, 2.24) is 0 Å². The van der Waals surface area contributed by atoms with Crippen LogP contribution in [0.2, 0.25) is 0 Å². The molecule has 0 fully saturated rings. The summed E-state index contributed by atoms with van der Waals surface area (Å²) in [7, 11) is 1.70. The smallest absolute Gasteiger partial charge is 0.306 e. The fourth-order valence-corrected chi connectivity index (χ4v) is 7.28. The van der Waals surface area contributed by atoms with Crippen LogP contribution in [0.15, 0.2) is 0 Å². The molecule has 1 unspecified atom stereocenters. The summed E-state index contributed by atoms with van der Waals surface area (Å²) in [6.07, 6.45) is 40.3. The molecule has 0 aliphatic carbocycles. The first-order chi connectivity index (χ1) is 27.5. The van der Waals surface area contributed by atoms with Gasteiger partial charge in [0, 0.05) is 26.6 Å². The Kier molecular flexibility index (Phi) is 39.4. The van der Waals surface area contributed by atoms with Crippen LogP contribution >= 0.6 is 0 Å². The molecule has 0 heterocycles. The Hall–Kier alpha value is -1.18. The lowest BCUT2D eigenvalue weighted by Crippen LogP contribution is -2.36. The van der Waals surface area contributed by atoms with E-state index in [0.717, 1.165) is 38.5 Å². The topological polar surface area (TPSA) is 80.3 Å². The molecule has 0 radical (unpaired) electrons. The molecule has 7 nitrogen and oxygen atoms in total. The van der Waals surface area contributed by atoms with Gasteiger partial charge < -0.3 is 23.7 Å². The number of esters is 2. The lowest BCUT2D eigenvalue weighted by Gasteiger charge is -2.31. The highest BCUT2D eigenvalue weighted by Crippen LogP contribution is 2.21. The summed E-state index contributed by atoms with van der Waals surface area (Å²) in [5, 5.41) is 0. The molecule has 0 rings (SSSR count). The maximum atomic E-state index is 12.9. The summed E-state index contributed by atoms with van der Waals surface area (Å²) >= 11 is 0. The summed E-state index contributed by atoms with van der Waals surface area (Å²) in [5.41, 5.74) is -0.772. The number of ether oxygens (including phenoxy) is 5. The highest BCUT2D eigenvalue weighted by atomic mass is 16.6. The van der Waals surface area contributed by atoms with Crippen molar-refractivity contribution in [2.75, 3.05) is 33.5 Å². The molecule has 0 aromatic carbocycles. The van der Waals surface area contributed by atoms with Crippen molar-refractivity contribution in [2.45, 2.75) is 277 Å². The standard InChI is InChI=1S/C50H98O7/c1-8-10-12-14-16-18-20-22-24-26-28-30-32-34-36-38-47(51)54-44-46(45-56-50(5,6)41-43-55-49(3,4)40-42-53-7)57-48(52)39-37-35-33-31-29-27-25-23-21-19-17-15-13-11-9-2/h46H,8-45H2,1-7H3. The fraction of sp³-hybridized carbons (Fsp3) is 0.960. The van der Waals surface area contributed by atoms with Gasteiger partial charge in [0.05, 0.1) is 24.4 Å². The SMILES string of the molecule is CCCCCCCCCCCCCCCCCC(=O)OCC(COC(C)(C)CCOC(C)(C)CCOC)OC(=O)CCCCCCCCCCCCCCCCC. The molecule has 0 aliphatic heterocycles. The highest BCUT2D eigenvalue weighted by molar-refractivity contribution is 5.70. The third-order valence-corrected chi connectivity index (χ3v) is 11.5. The molecule has 0 spiro atoms. The number of rotatable bonds is 45. The Morgan fingerprint density at radius 2 is 0.754 bits per heavy atom. The molecule has 0 N–H and O–H groups in total. The molecule has 7 heteroatoms. The first-order valence-corrected chi connectivity index (χ1v) is 24.7. The van der Waals surface area contributed by atoms with Gasteiger partial charge in [-0.2, -0.15) is 0 Å². The molecule has 0 bridgehead atoms. The van der Waals surface area contributed by atoms with E-state index in [0.29, 0.717) is 32.5 Å². The van der Waals surface area contributed by atoms with Gasteiger partial charge in [-0.3, -0.25) is 9.59 Å². The van der Waals surface area contributed by atoms with Gasteiger partial charge in [-0.05, 0) is 53.4 Å². The number of methoxy groups -OCH3 is 1. The molecular weight excluding hydrogens is 713 g/mol. The molecule has 0 aliphatic rings. The van der Waals surface area contributed by atoms with Crippen molar-refractivity contribution < 1.29 is 33.3 Å². The Morgan fingerprint density at radius 3 is 1.14 bits per heavy atom. The van der Waals surface area contributed by atoms with Gasteiger partial charge in [-0.15, -0.1) is 0 Å². The Bertz CT molecular complexity index is 873. The number of carbonyl (C=O) groups is 2. The van der Waals surface area contributed by atoms with Crippen LogP contribution in [-0.4, -0.2) is 62.8 Å². The Balaban J connectivity index is 4.44. The van der Waals surface area contributed by atoms with Crippen molar-refractivity contribution >= 4 is 11.9 Å². The number of carbonyl (C=O) groups excluding carboxylic acids is 2. The van der Waals surface area contributed by atoms with E-state index in [4.69, 9.17) is 23.7 Å². The van der Waals surface area contributed by atoms with E-state index >= 15 is 0 Å². The molecule has 57 heavy (non-hydrogen) atoms. The number of hydrogen-bond acceptors (Lipinski definition) is 7. The first-order valence-electron chi connectivity index (χ1n) is 24.7. The molecule has 0 aromatic rings. The molecule has 0 aromatic heterocycles. The molecule has 340 valence electrons. The van der Waals surface area contributed by atoms with E-state index in [1.54, 1.807) is 7.11 Å². The summed E-state index contributed by atoms with van der Waals surface area (Å²) in [6, 6.07) is 0. The monoisotopic (exact) mass is 811 g/mol. The van der Waals surface area contributed by atoms with Crippen molar-refractivity contribution in [1.29, 1.82) is 0 Å². The van der Waals surface area contributed by atoms with E-state index in [2.05, 4.69) is 27.7 Å². The predicted molar refractivity (Wildman–Crippen MR) is 241 cm³/mol. The van der Waals surface area contributed by atoms with Gasteiger partial charge in [0.25, 0.3) is 0 Å². The Labute approximate surface area is 355 Å². The average molecular weight is 811 g/mol. The summed E-state index contributed by atoms with van der Waals surface area (Å²) in [6.45, 7) is 14.1. The average Bonchev–Trinajstić information content (AvgIpc) is 3.18. The van der Waals surface area contributed by atoms with Crippen LogP contribution in [0.25, 0.3) is 0 Å². The fourth-order valence-electron chi connectivity index (χ4n) is 7.28. The molecule has 1 atom stereocenters. The largest absolute Gasteiger partial charge is 0.462 e. The lowest BCUT2D eigenvalue weighted by atomic mass is 10.0. The maximum absolute atomic E-state index is 12.9. The van der Waals surface area contributed by atoms with E-state index in [9.17, 15) is 9.59 Å². The second-order valence-electron chi connectivity index (χ2n) is 18.4. The van der Waals surface area contributed by atoms with Crippen molar-refractivity contribution in [3.63, 3.8) is 0 Å². The van der Waals surface area contributed by atoms with Crippen molar-refractivity contribution in [3.8, 4) is 0 Å². The van der Waals surface area contributed by atoms with Gasteiger partial charge >= 0.3 is 11.9 Å². The first kappa shape index (κ1) is 55.8. The van der Waals surface area contributed by atoms with E-state index in [-0.39, 0.29) is 30.8 Å². The van der Waals surface area contributed by atoms with Gasteiger partial charge in [-0.25, -0.2) is 0 Å². The van der Waals surface area contributed by atoms with E-state index in [1.165, 1.54) is 161 Å². The zero-order valence-corrected chi connectivity index (χ0v) is 39.3. The zero-order valence-electron chi connectivity index (χ0n) is 39.3. The van der Waals surface area contributed by atoms with E-state index in [1.807, 2.05) is 13.8 Å². The third kappa shape index (κ3) is 41.3. The highest BCUT2D eigenvalue weighted by Gasteiger charge is 2.26. The molecular formula is C50H98O7. The number of unbranched alkanes of at least 4 members (excludes halogenated alkanes) is 28.